The molecule has 36 heavy (non-hydrogen) atoms. The Morgan fingerprint density at radius 2 is 1.64 bits per heavy atom. The number of ether oxygens (including phenoxy) is 2. The van der Waals surface area contributed by atoms with Crippen molar-refractivity contribution in [1.82, 2.24) is 5.32 Å². The van der Waals surface area contributed by atoms with E-state index in [0.717, 1.165) is 11.1 Å². The van der Waals surface area contributed by atoms with Gasteiger partial charge in [-0.1, -0.05) is 23.7 Å². The van der Waals surface area contributed by atoms with Gasteiger partial charge in [0.1, 0.15) is 20.2 Å². The zero-order valence-electron chi connectivity index (χ0n) is 20.1. The zero-order valence-corrected chi connectivity index (χ0v) is 21.8. The second-order valence-electron chi connectivity index (χ2n) is 7.93. The molecular formula is C25H26BN3O5S2. The maximum absolute atomic E-state index is 12.8. The lowest BCUT2D eigenvalue weighted by Crippen LogP contribution is -2.34. The molecule has 3 N–H and O–H groups in total. The number of thiocarbonyl (C=S) groups is 1. The summed E-state index contributed by atoms with van der Waals surface area (Å²) in [6.45, 7) is 4.49. The average molecular weight is 523 g/mol. The molecule has 11 heteroatoms. The van der Waals surface area contributed by atoms with Crippen molar-refractivity contribution in [3.63, 3.8) is 0 Å². The molecule has 186 valence electrons. The lowest BCUT2D eigenvalue weighted by atomic mass is 9.94. The van der Waals surface area contributed by atoms with Gasteiger partial charge in [0, 0.05) is 18.5 Å². The maximum Gasteiger partial charge on any atom is 0.261 e. The maximum atomic E-state index is 12.8. The number of amides is 1. The smallest absolute Gasteiger partial charge is 0.261 e. The molecule has 3 aromatic carbocycles. The summed E-state index contributed by atoms with van der Waals surface area (Å²) in [5.74, 6) is -0.170. The lowest BCUT2D eigenvalue weighted by Gasteiger charge is -2.14. The van der Waals surface area contributed by atoms with E-state index in [-0.39, 0.29) is 22.2 Å². The SMILES string of the molecule is [B]c1ccc(OCCOC)c(C(=O)NC(=S)Nc2ccc(S(=O)(=O)Nc3ccc(C)c(C)c3)cc2)c1. The number of carbonyl (C=O) groups excluding carboxylic acids is 1. The molecule has 8 nitrogen and oxygen atoms in total. The third-order valence-electron chi connectivity index (χ3n) is 5.20. The molecule has 0 saturated heterocycles. The normalized spacial score (nSPS) is 11.0. The van der Waals surface area contributed by atoms with Crippen LogP contribution in [0.15, 0.2) is 65.6 Å². The minimum absolute atomic E-state index is 0.0223. The number of anilines is 2. The van der Waals surface area contributed by atoms with Gasteiger partial charge >= 0.3 is 0 Å². The predicted molar refractivity (Wildman–Crippen MR) is 146 cm³/mol. The summed E-state index contributed by atoms with van der Waals surface area (Å²) >= 11 is 5.24. The Labute approximate surface area is 217 Å². The first-order valence-electron chi connectivity index (χ1n) is 10.9. The van der Waals surface area contributed by atoms with Gasteiger partial charge < -0.3 is 14.8 Å². The number of benzene rings is 3. The molecule has 2 radical (unpaired) electrons. The van der Waals surface area contributed by atoms with Crippen LogP contribution in [-0.2, 0) is 14.8 Å². The molecule has 0 unspecified atom stereocenters. The van der Waals surface area contributed by atoms with Crippen molar-refractivity contribution in [2.45, 2.75) is 18.7 Å². The Kier molecular flexibility index (Phi) is 9.08. The van der Waals surface area contributed by atoms with Gasteiger partial charge in [0.2, 0.25) is 0 Å². The Bertz CT molecular complexity index is 1360. The van der Waals surface area contributed by atoms with E-state index in [2.05, 4.69) is 15.4 Å². The number of rotatable bonds is 9. The van der Waals surface area contributed by atoms with Gasteiger partial charge in [-0.3, -0.25) is 14.8 Å². The Hall–Kier alpha value is -3.41. The van der Waals surface area contributed by atoms with E-state index in [4.69, 9.17) is 29.5 Å². The summed E-state index contributed by atoms with van der Waals surface area (Å²) in [6, 6.07) is 16.0. The Balaban J connectivity index is 1.64. The summed E-state index contributed by atoms with van der Waals surface area (Å²) in [7, 11) is 3.60. The van der Waals surface area contributed by atoms with E-state index in [0.29, 0.717) is 29.2 Å². The van der Waals surface area contributed by atoms with Crippen LogP contribution in [0.2, 0.25) is 0 Å². The van der Waals surface area contributed by atoms with Crippen molar-refractivity contribution in [2.24, 2.45) is 0 Å². The third kappa shape index (κ3) is 7.30. The van der Waals surface area contributed by atoms with Crippen LogP contribution in [0, 0.1) is 13.8 Å². The van der Waals surface area contributed by atoms with Gasteiger partial charge in [-0.25, -0.2) is 8.42 Å². The van der Waals surface area contributed by atoms with Gasteiger partial charge in [-0.2, -0.15) is 0 Å². The molecule has 3 rings (SSSR count). The van der Waals surface area contributed by atoms with Crippen LogP contribution in [0.4, 0.5) is 11.4 Å². The monoisotopic (exact) mass is 523 g/mol. The predicted octanol–water partition coefficient (Wildman–Crippen LogP) is 3.05. The molecule has 0 aliphatic rings. The van der Waals surface area contributed by atoms with E-state index in [1.807, 2.05) is 19.9 Å². The first-order valence-corrected chi connectivity index (χ1v) is 12.8. The molecule has 0 aromatic heterocycles. The summed E-state index contributed by atoms with van der Waals surface area (Å²) < 4.78 is 38.6. The molecule has 0 heterocycles. The van der Waals surface area contributed by atoms with Gasteiger partial charge in [-0.15, -0.1) is 0 Å². The first-order chi connectivity index (χ1) is 17.1. The summed E-state index contributed by atoms with van der Waals surface area (Å²) in [5, 5.41) is 5.46. The van der Waals surface area contributed by atoms with Crippen molar-refractivity contribution in [2.75, 3.05) is 30.4 Å². The van der Waals surface area contributed by atoms with Gasteiger partial charge in [0.15, 0.2) is 5.11 Å². The Morgan fingerprint density at radius 1 is 0.944 bits per heavy atom. The minimum atomic E-state index is -3.78. The zero-order chi connectivity index (χ0) is 26.3. The highest BCUT2D eigenvalue weighted by Gasteiger charge is 2.16. The van der Waals surface area contributed by atoms with Crippen LogP contribution in [0.25, 0.3) is 0 Å². The average Bonchev–Trinajstić information content (AvgIpc) is 2.82. The largest absolute Gasteiger partial charge is 0.490 e. The van der Waals surface area contributed by atoms with Gasteiger partial charge in [0.25, 0.3) is 15.9 Å². The molecule has 3 aromatic rings. The van der Waals surface area contributed by atoms with Crippen molar-refractivity contribution in [3.05, 3.63) is 77.4 Å². The molecule has 0 fully saturated rings. The molecule has 0 bridgehead atoms. The number of carbonyl (C=O) groups is 1. The summed E-state index contributed by atoms with van der Waals surface area (Å²) in [6.07, 6.45) is 0. The van der Waals surface area contributed by atoms with Crippen molar-refractivity contribution < 1.29 is 22.7 Å². The minimum Gasteiger partial charge on any atom is -0.490 e. The standard InChI is InChI=1S/C25H26BN3O5S2/c1-16-4-6-20(14-17(16)2)29-36(31,32)21-9-7-19(8-10-21)27-25(35)28-24(30)22-15-18(26)5-11-23(22)34-13-12-33-3/h4-11,14-15,29H,12-13H2,1-3H3,(H2,27,28,30,35). The number of methoxy groups -OCH3 is 1. The van der Waals surface area contributed by atoms with Gasteiger partial charge in [0.05, 0.1) is 17.1 Å². The van der Waals surface area contributed by atoms with Gasteiger partial charge in [-0.05, 0) is 79.7 Å². The highest BCUT2D eigenvalue weighted by Crippen LogP contribution is 2.21. The second-order valence-corrected chi connectivity index (χ2v) is 10.0. The van der Waals surface area contributed by atoms with Crippen molar-refractivity contribution >= 4 is 57.9 Å². The summed E-state index contributed by atoms with van der Waals surface area (Å²) in [5.41, 5.74) is 3.64. The highest BCUT2D eigenvalue weighted by molar-refractivity contribution is 7.92. The van der Waals surface area contributed by atoms with Crippen LogP contribution in [0.5, 0.6) is 5.75 Å². The molecular weight excluding hydrogens is 497 g/mol. The van der Waals surface area contributed by atoms with Crippen LogP contribution < -0.4 is 25.6 Å². The Morgan fingerprint density at radius 3 is 2.31 bits per heavy atom. The number of hydrogen-bond acceptors (Lipinski definition) is 6. The van der Waals surface area contributed by atoms with Crippen molar-refractivity contribution in [3.8, 4) is 5.75 Å². The number of sulfonamides is 1. The lowest BCUT2D eigenvalue weighted by molar-refractivity contribution is 0.0970. The van der Waals surface area contributed by atoms with Crippen LogP contribution in [0.1, 0.15) is 21.5 Å². The van der Waals surface area contributed by atoms with E-state index < -0.39 is 15.9 Å². The fourth-order valence-electron chi connectivity index (χ4n) is 3.16. The van der Waals surface area contributed by atoms with Crippen LogP contribution in [-0.4, -0.2) is 47.6 Å². The highest BCUT2D eigenvalue weighted by atomic mass is 32.2. The molecule has 0 saturated carbocycles. The summed E-state index contributed by atoms with van der Waals surface area (Å²) in [4.78, 5) is 12.8. The topological polar surface area (TPSA) is 106 Å². The quantitative estimate of drug-likeness (QED) is 0.225. The fraction of sp³-hybridized carbons (Fsp3) is 0.200. The van der Waals surface area contributed by atoms with Crippen molar-refractivity contribution in [1.29, 1.82) is 0 Å². The molecule has 0 aliphatic heterocycles. The molecule has 0 spiro atoms. The number of hydrogen-bond donors (Lipinski definition) is 3. The number of nitrogens with one attached hydrogen (secondary N) is 3. The van der Waals surface area contributed by atoms with Crippen LogP contribution >= 0.6 is 12.2 Å². The van der Waals surface area contributed by atoms with E-state index >= 15 is 0 Å². The number of aryl methyl sites for hydroxylation is 2. The van der Waals surface area contributed by atoms with E-state index in [1.165, 1.54) is 18.2 Å². The second kappa shape index (κ2) is 12.0. The third-order valence-corrected chi connectivity index (χ3v) is 6.80. The van der Waals surface area contributed by atoms with E-state index in [1.54, 1.807) is 43.5 Å². The van der Waals surface area contributed by atoms with Crippen LogP contribution in [0.3, 0.4) is 0 Å². The fourth-order valence-corrected chi connectivity index (χ4v) is 4.42. The first kappa shape index (κ1) is 27.2. The molecule has 0 atom stereocenters. The van der Waals surface area contributed by atoms with E-state index in [9.17, 15) is 13.2 Å². The molecule has 0 aliphatic carbocycles. The molecule has 1 amide bonds.